The fraction of sp³-hybridized carbons (Fsp3) is 0.444. The standard InChI is InChI=1S/C18H22ClN3O2/c1-11-14(12(2)22-21-11)7-8-18(23)20-16-4-3-9-24-17-10-13(19)5-6-15(16)17/h5-6,10,16H,3-4,7-9H2,1-2H3,(H,20,23)(H,21,22)/t16-/m0/s1. The van der Waals surface area contributed by atoms with Gasteiger partial charge in [0.25, 0.3) is 0 Å². The number of rotatable bonds is 4. The average molecular weight is 348 g/mol. The van der Waals surface area contributed by atoms with Gasteiger partial charge in [-0.1, -0.05) is 17.7 Å². The van der Waals surface area contributed by atoms with Crippen LogP contribution in [-0.2, 0) is 11.2 Å². The molecule has 1 aromatic carbocycles. The van der Waals surface area contributed by atoms with E-state index in [1.54, 1.807) is 0 Å². The molecule has 2 aromatic rings. The summed E-state index contributed by atoms with van der Waals surface area (Å²) in [6.07, 6.45) is 2.90. The molecule has 6 heteroatoms. The maximum atomic E-state index is 12.4. The summed E-state index contributed by atoms with van der Waals surface area (Å²) in [5, 5.41) is 10.9. The zero-order valence-corrected chi connectivity index (χ0v) is 14.7. The zero-order valence-electron chi connectivity index (χ0n) is 14.0. The van der Waals surface area contributed by atoms with Gasteiger partial charge in [0.1, 0.15) is 5.75 Å². The minimum Gasteiger partial charge on any atom is -0.493 e. The molecule has 0 aliphatic carbocycles. The Morgan fingerprint density at radius 1 is 1.46 bits per heavy atom. The summed E-state index contributed by atoms with van der Waals surface area (Å²) in [5.41, 5.74) is 4.12. The van der Waals surface area contributed by atoms with Crippen molar-refractivity contribution >= 4 is 17.5 Å². The monoisotopic (exact) mass is 347 g/mol. The SMILES string of the molecule is Cc1n[nH]c(C)c1CCC(=O)N[C@H]1CCCOc2cc(Cl)ccc21. The quantitative estimate of drug-likeness (QED) is 0.887. The first-order chi connectivity index (χ1) is 11.5. The van der Waals surface area contributed by atoms with E-state index >= 15 is 0 Å². The second kappa shape index (κ2) is 7.26. The van der Waals surface area contributed by atoms with E-state index in [9.17, 15) is 4.79 Å². The molecule has 0 saturated carbocycles. The number of hydrogen-bond acceptors (Lipinski definition) is 3. The van der Waals surface area contributed by atoms with Gasteiger partial charge in [0, 0.05) is 22.7 Å². The van der Waals surface area contributed by atoms with Gasteiger partial charge in [-0.2, -0.15) is 5.10 Å². The summed E-state index contributed by atoms with van der Waals surface area (Å²) < 4.78 is 5.74. The van der Waals surface area contributed by atoms with Crippen molar-refractivity contribution in [1.82, 2.24) is 15.5 Å². The van der Waals surface area contributed by atoms with Crippen LogP contribution in [0.15, 0.2) is 18.2 Å². The van der Waals surface area contributed by atoms with Crippen molar-refractivity contribution in [3.05, 3.63) is 45.7 Å². The molecule has 0 fully saturated rings. The van der Waals surface area contributed by atoms with Crippen LogP contribution in [0, 0.1) is 13.8 Å². The molecular weight excluding hydrogens is 326 g/mol. The maximum absolute atomic E-state index is 12.4. The molecule has 1 aromatic heterocycles. The Hall–Kier alpha value is -2.01. The van der Waals surface area contributed by atoms with Crippen LogP contribution in [0.4, 0.5) is 0 Å². The third-order valence-electron chi connectivity index (χ3n) is 4.46. The highest BCUT2D eigenvalue weighted by molar-refractivity contribution is 6.30. The van der Waals surface area contributed by atoms with Crippen molar-refractivity contribution in [1.29, 1.82) is 0 Å². The number of hydrogen-bond donors (Lipinski definition) is 2. The summed E-state index contributed by atoms with van der Waals surface area (Å²) >= 11 is 6.04. The molecule has 3 rings (SSSR count). The van der Waals surface area contributed by atoms with Crippen LogP contribution in [-0.4, -0.2) is 22.7 Å². The Labute approximate surface area is 146 Å². The van der Waals surface area contributed by atoms with Gasteiger partial charge in [-0.05, 0) is 50.8 Å². The van der Waals surface area contributed by atoms with E-state index in [1.165, 1.54) is 0 Å². The van der Waals surface area contributed by atoms with E-state index in [4.69, 9.17) is 16.3 Å². The van der Waals surface area contributed by atoms with Crippen molar-refractivity contribution in [2.45, 2.75) is 45.6 Å². The van der Waals surface area contributed by atoms with Crippen LogP contribution in [0.3, 0.4) is 0 Å². The molecule has 0 spiro atoms. The normalized spacial score (nSPS) is 16.9. The summed E-state index contributed by atoms with van der Waals surface area (Å²) in [5.74, 6) is 0.814. The molecule has 5 nitrogen and oxygen atoms in total. The van der Waals surface area contributed by atoms with Crippen LogP contribution >= 0.6 is 11.6 Å². The lowest BCUT2D eigenvalue weighted by Gasteiger charge is -2.18. The van der Waals surface area contributed by atoms with Crippen molar-refractivity contribution in [2.75, 3.05) is 6.61 Å². The van der Waals surface area contributed by atoms with Gasteiger partial charge in [0.15, 0.2) is 0 Å². The summed E-state index contributed by atoms with van der Waals surface area (Å²) in [4.78, 5) is 12.4. The van der Waals surface area contributed by atoms with E-state index in [-0.39, 0.29) is 11.9 Å². The van der Waals surface area contributed by atoms with Crippen LogP contribution in [0.2, 0.25) is 5.02 Å². The Morgan fingerprint density at radius 3 is 3.04 bits per heavy atom. The maximum Gasteiger partial charge on any atom is 0.220 e. The number of aromatic nitrogens is 2. The zero-order chi connectivity index (χ0) is 17.1. The molecule has 0 bridgehead atoms. The van der Waals surface area contributed by atoms with Gasteiger partial charge in [-0.15, -0.1) is 0 Å². The fourth-order valence-electron chi connectivity index (χ4n) is 3.14. The number of H-pyrrole nitrogens is 1. The Kier molecular flexibility index (Phi) is 5.09. The number of carbonyl (C=O) groups excluding carboxylic acids is 1. The third-order valence-corrected chi connectivity index (χ3v) is 4.70. The number of fused-ring (bicyclic) bond motifs is 1. The van der Waals surface area contributed by atoms with Crippen molar-refractivity contribution in [3.63, 3.8) is 0 Å². The molecule has 2 N–H and O–H groups in total. The molecule has 128 valence electrons. The molecule has 1 atom stereocenters. The molecule has 1 aliphatic rings. The summed E-state index contributed by atoms with van der Waals surface area (Å²) in [7, 11) is 0. The second-order valence-corrected chi connectivity index (χ2v) is 6.64. The highest BCUT2D eigenvalue weighted by atomic mass is 35.5. The largest absolute Gasteiger partial charge is 0.493 e. The number of amides is 1. The van der Waals surface area contributed by atoms with Gasteiger partial charge in [0.2, 0.25) is 5.91 Å². The molecule has 2 heterocycles. The van der Waals surface area contributed by atoms with Gasteiger partial charge >= 0.3 is 0 Å². The van der Waals surface area contributed by atoms with Crippen molar-refractivity contribution in [3.8, 4) is 5.75 Å². The highest BCUT2D eigenvalue weighted by Crippen LogP contribution is 2.33. The van der Waals surface area contributed by atoms with Crippen LogP contribution in [0.1, 0.15) is 47.8 Å². The minimum absolute atomic E-state index is 0.0289. The number of carbonyl (C=O) groups is 1. The lowest BCUT2D eigenvalue weighted by atomic mass is 10.0. The summed E-state index contributed by atoms with van der Waals surface area (Å²) in [6, 6.07) is 5.57. The smallest absolute Gasteiger partial charge is 0.220 e. The first-order valence-electron chi connectivity index (χ1n) is 8.26. The van der Waals surface area contributed by atoms with Gasteiger partial charge < -0.3 is 10.1 Å². The van der Waals surface area contributed by atoms with E-state index < -0.39 is 0 Å². The van der Waals surface area contributed by atoms with Gasteiger partial charge in [-0.3, -0.25) is 9.89 Å². The first-order valence-corrected chi connectivity index (χ1v) is 8.64. The molecular formula is C18H22ClN3O2. The minimum atomic E-state index is -0.0289. The highest BCUT2D eigenvalue weighted by Gasteiger charge is 2.22. The summed E-state index contributed by atoms with van der Waals surface area (Å²) in [6.45, 7) is 4.59. The van der Waals surface area contributed by atoms with E-state index in [1.807, 2.05) is 32.0 Å². The Morgan fingerprint density at radius 2 is 2.29 bits per heavy atom. The molecule has 0 unspecified atom stereocenters. The predicted octanol–water partition coefficient (Wildman–Crippen LogP) is 3.64. The number of ether oxygens (including phenoxy) is 1. The Balaban J connectivity index is 1.66. The van der Waals surface area contributed by atoms with Crippen LogP contribution in [0.5, 0.6) is 5.75 Å². The van der Waals surface area contributed by atoms with E-state index in [0.717, 1.165) is 41.1 Å². The molecule has 24 heavy (non-hydrogen) atoms. The number of halogens is 1. The topological polar surface area (TPSA) is 67.0 Å². The molecule has 1 aliphatic heterocycles. The number of aryl methyl sites for hydroxylation is 2. The predicted molar refractivity (Wildman–Crippen MR) is 93.4 cm³/mol. The molecule has 1 amide bonds. The Bertz CT molecular complexity index is 722. The number of aromatic amines is 1. The van der Waals surface area contributed by atoms with Crippen molar-refractivity contribution < 1.29 is 9.53 Å². The fourth-order valence-corrected chi connectivity index (χ4v) is 3.31. The number of benzene rings is 1. The van der Waals surface area contributed by atoms with Crippen molar-refractivity contribution in [2.24, 2.45) is 0 Å². The average Bonchev–Trinajstić information content (AvgIpc) is 2.75. The lowest BCUT2D eigenvalue weighted by Crippen LogP contribution is -2.28. The van der Waals surface area contributed by atoms with Crippen LogP contribution in [0.25, 0.3) is 0 Å². The van der Waals surface area contributed by atoms with Gasteiger partial charge in [-0.25, -0.2) is 0 Å². The van der Waals surface area contributed by atoms with E-state index in [0.29, 0.717) is 24.5 Å². The molecule has 0 saturated heterocycles. The second-order valence-electron chi connectivity index (χ2n) is 6.21. The lowest BCUT2D eigenvalue weighted by molar-refractivity contribution is -0.121. The van der Waals surface area contributed by atoms with Gasteiger partial charge in [0.05, 0.1) is 18.3 Å². The first kappa shape index (κ1) is 16.8. The number of nitrogens with one attached hydrogen (secondary N) is 2. The third kappa shape index (κ3) is 3.73. The molecule has 0 radical (unpaired) electrons. The number of nitrogens with zero attached hydrogens (tertiary/aromatic N) is 1. The van der Waals surface area contributed by atoms with E-state index in [2.05, 4.69) is 15.5 Å². The van der Waals surface area contributed by atoms with Crippen LogP contribution < -0.4 is 10.1 Å².